The van der Waals surface area contributed by atoms with Crippen LogP contribution in [-0.4, -0.2) is 5.91 Å². The molecule has 0 heterocycles. The molecule has 0 aliphatic rings. The molecular weight excluding hydrogens is 128 g/mol. The van der Waals surface area contributed by atoms with E-state index >= 15 is 0 Å². The zero-order chi connectivity index (χ0) is 8.15. The highest BCUT2D eigenvalue weighted by Gasteiger charge is 2.04. The fourth-order valence-corrected chi connectivity index (χ4v) is 0.773. The van der Waals surface area contributed by atoms with Crippen molar-refractivity contribution < 1.29 is 4.79 Å². The smallest absolute Gasteiger partial charge is 0.246 e. The van der Waals surface area contributed by atoms with Crippen molar-refractivity contribution in [3.05, 3.63) is 11.3 Å². The summed E-state index contributed by atoms with van der Waals surface area (Å²) in [6.07, 6.45) is 1.31. The molecule has 0 aromatic heterocycles. The van der Waals surface area contributed by atoms with Crippen molar-refractivity contribution >= 4 is 5.91 Å². The Hall–Kier alpha value is -0.990. The van der Waals surface area contributed by atoms with Gasteiger partial charge in [0, 0.05) is 11.3 Å². The van der Waals surface area contributed by atoms with Crippen molar-refractivity contribution in [1.29, 1.82) is 0 Å². The van der Waals surface area contributed by atoms with Gasteiger partial charge in [0.15, 0.2) is 0 Å². The summed E-state index contributed by atoms with van der Waals surface area (Å²) in [6, 6.07) is 0. The number of primary amides is 1. The first kappa shape index (κ1) is 9.01. The first-order valence-electron chi connectivity index (χ1n) is 3.40. The molecule has 0 saturated heterocycles. The van der Waals surface area contributed by atoms with Crippen LogP contribution in [0, 0.1) is 0 Å². The molecule has 0 fully saturated rings. The van der Waals surface area contributed by atoms with E-state index in [4.69, 9.17) is 11.5 Å². The van der Waals surface area contributed by atoms with Gasteiger partial charge in [0.25, 0.3) is 0 Å². The Bertz CT molecular complexity index is 161. The second kappa shape index (κ2) is 3.93. The normalized spacial score (nSPS) is 12.6. The molecule has 0 unspecified atom stereocenters. The van der Waals surface area contributed by atoms with E-state index in [-0.39, 0.29) is 0 Å². The maximum atomic E-state index is 10.6. The first-order valence-corrected chi connectivity index (χ1v) is 3.40. The molecule has 1 amide bonds. The van der Waals surface area contributed by atoms with Crippen molar-refractivity contribution in [3.63, 3.8) is 0 Å². The minimum Gasteiger partial charge on any atom is -0.402 e. The summed E-state index contributed by atoms with van der Waals surface area (Å²) in [7, 11) is 0. The number of hydrogen-bond acceptors (Lipinski definition) is 2. The fraction of sp³-hybridized carbons (Fsp3) is 0.571. The quantitative estimate of drug-likeness (QED) is 0.563. The van der Waals surface area contributed by atoms with Crippen LogP contribution in [0.5, 0.6) is 0 Å². The van der Waals surface area contributed by atoms with Crippen LogP contribution in [0.3, 0.4) is 0 Å². The topological polar surface area (TPSA) is 69.1 Å². The summed E-state index contributed by atoms with van der Waals surface area (Å²) in [6.45, 7) is 3.76. The Morgan fingerprint density at radius 2 is 1.70 bits per heavy atom. The lowest BCUT2D eigenvalue weighted by Gasteiger charge is -2.02. The molecule has 0 bridgehead atoms. The van der Waals surface area contributed by atoms with Crippen LogP contribution < -0.4 is 11.5 Å². The molecule has 0 spiro atoms. The summed E-state index contributed by atoms with van der Waals surface area (Å²) in [5.74, 6) is -0.401. The van der Waals surface area contributed by atoms with Gasteiger partial charge in [-0.3, -0.25) is 4.79 Å². The van der Waals surface area contributed by atoms with E-state index in [0.29, 0.717) is 24.1 Å². The fourth-order valence-electron chi connectivity index (χ4n) is 0.773. The highest BCUT2D eigenvalue weighted by Crippen LogP contribution is 2.05. The Morgan fingerprint density at radius 1 is 1.20 bits per heavy atom. The van der Waals surface area contributed by atoms with Gasteiger partial charge in [0.2, 0.25) is 5.91 Å². The maximum Gasteiger partial charge on any atom is 0.246 e. The Labute approximate surface area is 61.1 Å². The third-order valence-electron chi connectivity index (χ3n) is 1.42. The van der Waals surface area contributed by atoms with Crippen LogP contribution in [0.2, 0.25) is 0 Å². The highest BCUT2D eigenvalue weighted by atomic mass is 16.1. The summed E-state index contributed by atoms with van der Waals surface area (Å²) in [5.41, 5.74) is 11.7. The average Bonchev–Trinajstić information content (AvgIpc) is 1.88. The zero-order valence-corrected chi connectivity index (χ0v) is 6.48. The predicted molar refractivity (Wildman–Crippen MR) is 41.0 cm³/mol. The molecule has 0 rings (SSSR count). The molecule has 0 aromatic carbocycles. The second-order valence-electron chi connectivity index (χ2n) is 2.08. The van der Waals surface area contributed by atoms with Gasteiger partial charge < -0.3 is 11.5 Å². The number of nitrogens with two attached hydrogens (primary N) is 2. The second-order valence-corrected chi connectivity index (χ2v) is 2.08. The molecule has 3 nitrogen and oxygen atoms in total. The van der Waals surface area contributed by atoms with Crippen molar-refractivity contribution in [2.75, 3.05) is 0 Å². The number of amides is 1. The molecule has 3 heteroatoms. The summed E-state index contributed by atoms with van der Waals surface area (Å²) in [5, 5.41) is 0. The minimum atomic E-state index is -0.401. The number of carbonyl (C=O) groups excluding carboxylic acids is 1. The van der Waals surface area contributed by atoms with Crippen LogP contribution >= 0.6 is 0 Å². The Kier molecular flexibility index (Phi) is 3.54. The van der Waals surface area contributed by atoms with E-state index in [1.807, 2.05) is 13.8 Å². The molecule has 0 aromatic rings. The van der Waals surface area contributed by atoms with Crippen LogP contribution in [0.4, 0.5) is 0 Å². The predicted octanol–water partition coefficient (Wildman–Crippen LogP) is 0.505. The number of hydrogen-bond donors (Lipinski definition) is 2. The van der Waals surface area contributed by atoms with Crippen LogP contribution in [-0.2, 0) is 4.79 Å². The van der Waals surface area contributed by atoms with Gasteiger partial charge in [-0.15, -0.1) is 0 Å². The van der Waals surface area contributed by atoms with Gasteiger partial charge in [0.1, 0.15) is 0 Å². The molecule has 10 heavy (non-hydrogen) atoms. The van der Waals surface area contributed by atoms with Gasteiger partial charge in [-0.2, -0.15) is 0 Å². The Morgan fingerprint density at radius 3 is 1.80 bits per heavy atom. The van der Waals surface area contributed by atoms with E-state index in [1.165, 1.54) is 0 Å². The van der Waals surface area contributed by atoms with Gasteiger partial charge >= 0.3 is 0 Å². The highest BCUT2D eigenvalue weighted by molar-refractivity contribution is 5.92. The lowest BCUT2D eigenvalue weighted by atomic mass is 10.1. The van der Waals surface area contributed by atoms with Crippen molar-refractivity contribution in [1.82, 2.24) is 0 Å². The van der Waals surface area contributed by atoms with Crippen molar-refractivity contribution in [2.24, 2.45) is 11.5 Å². The molecule has 0 aliphatic heterocycles. The van der Waals surface area contributed by atoms with Crippen molar-refractivity contribution in [3.8, 4) is 0 Å². The summed E-state index contributed by atoms with van der Waals surface area (Å²) in [4.78, 5) is 10.6. The summed E-state index contributed by atoms with van der Waals surface area (Å²) >= 11 is 0. The van der Waals surface area contributed by atoms with Crippen LogP contribution in [0.1, 0.15) is 26.7 Å². The molecule has 0 aliphatic carbocycles. The lowest BCUT2D eigenvalue weighted by Crippen LogP contribution is -2.18. The van der Waals surface area contributed by atoms with Gasteiger partial charge in [-0.05, 0) is 12.8 Å². The molecule has 0 saturated carbocycles. The minimum absolute atomic E-state index is 0.401. The molecule has 4 N–H and O–H groups in total. The SMILES string of the molecule is CC/C(N)=C(\CC)C(N)=O. The van der Waals surface area contributed by atoms with E-state index < -0.39 is 5.91 Å². The third kappa shape index (κ3) is 2.09. The van der Waals surface area contributed by atoms with Gasteiger partial charge in [0.05, 0.1) is 0 Å². The molecule has 0 radical (unpaired) electrons. The Balaban J connectivity index is 4.45. The molecule has 58 valence electrons. The average molecular weight is 142 g/mol. The van der Waals surface area contributed by atoms with Crippen LogP contribution in [0.25, 0.3) is 0 Å². The zero-order valence-electron chi connectivity index (χ0n) is 6.48. The van der Waals surface area contributed by atoms with E-state index in [2.05, 4.69) is 0 Å². The molecule has 0 atom stereocenters. The van der Waals surface area contributed by atoms with E-state index in [0.717, 1.165) is 0 Å². The largest absolute Gasteiger partial charge is 0.402 e. The standard InChI is InChI=1S/C7H14N2O/c1-3-5(7(9)10)6(8)4-2/h3-4,8H2,1-2H3,(H2,9,10)/b6-5-. The van der Waals surface area contributed by atoms with E-state index in [9.17, 15) is 4.79 Å². The number of allylic oxidation sites excluding steroid dienone is 1. The first-order chi connectivity index (χ1) is 4.63. The monoisotopic (exact) mass is 142 g/mol. The third-order valence-corrected chi connectivity index (χ3v) is 1.42. The lowest BCUT2D eigenvalue weighted by molar-refractivity contribution is -0.114. The summed E-state index contributed by atoms with van der Waals surface area (Å²) < 4.78 is 0. The maximum absolute atomic E-state index is 10.6. The number of carbonyl (C=O) groups is 1. The van der Waals surface area contributed by atoms with Crippen molar-refractivity contribution in [2.45, 2.75) is 26.7 Å². The van der Waals surface area contributed by atoms with Gasteiger partial charge in [-0.25, -0.2) is 0 Å². The molecular formula is C7H14N2O. The number of rotatable bonds is 3. The van der Waals surface area contributed by atoms with Crippen LogP contribution in [0.15, 0.2) is 11.3 Å². The van der Waals surface area contributed by atoms with Gasteiger partial charge in [-0.1, -0.05) is 13.8 Å². The van der Waals surface area contributed by atoms with E-state index in [1.54, 1.807) is 0 Å².